The number of hydrogen-bond donors (Lipinski definition) is 3. The Hall–Kier alpha value is -4.53. The summed E-state index contributed by atoms with van der Waals surface area (Å²) in [7, 11) is 2.63. The Labute approximate surface area is 228 Å². The number of pyridine rings is 1. The fraction of sp³-hybridized carbons (Fsp3) is 0.194. The standard InChI is InChI=1S/C30H29N3O4.CH4O/c1-36-16-17-37-28-7-3-5-23(19-28)21-33-30(35)27-6-2-4-22(18-27)20-32-29(34)26-10-8-24(9-11-26)25-12-14-31-15-13-25;1-2/h2-15,18-19H,16-17,20-21H2,1H3,(H,32,34)(H,33,35);2H,1H3. The lowest BCUT2D eigenvalue weighted by atomic mass is 10.0. The number of aromatic nitrogens is 1. The van der Waals surface area contributed by atoms with E-state index in [1.54, 1.807) is 43.8 Å². The zero-order valence-electron chi connectivity index (χ0n) is 22.1. The van der Waals surface area contributed by atoms with Gasteiger partial charge in [0.2, 0.25) is 0 Å². The number of nitrogens with zero attached hydrogens (tertiary/aromatic N) is 1. The highest BCUT2D eigenvalue weighted by Gasteiger charge is 2.09. The Morgan fingerprint density at radius 1 is 0.718 bits per heavy atom. The maximum absolute atomic E-state index is 12.7. The van der Waals surface area contributed by atoms with Gasteiger partial charge in [0.05, 0.1) is 6.61 Å². The van der Waals surface area contributed by atoms with E-state index in [2.05, 4.69) is 15.6 Å². The molecule has 1 heterocycles. The number of carbonyl (C=O) groups excluding carboxylic acids is 2. The van der Waals surface area contributed by atoms with Crippen LogP contribution in [-0.4, -0.2) is 49.3 Å². The maximum atomic E-state index is 12.7. The summed E-state index contributed by atoms with van der Waals surface area (Å²) in [6.45, 7) is 1.66. The van der Waals surface area contributed by atoms with E-state index in [1.807, 2.05) is 60.7 Å². The van der Waals surface area contributed by atoms with Crippen LogP contribution in [0.3, 0.4) is 0 Å². The molecule has 3 aromatic carbocycles. The maximum Gasteiger partial charge on any atom is 0.251 e. The summed E-state index contributed by atoms with van der Waals surface area (Å²) in [5, 5.41) is 12.9. The van der Waals surface area contributed by atoms with Crippen LogP contribution in [0.25, 0.3) is 11.1 Å². The number of rotatable bonds is 11. The third kappa shape index (κ3) is 9.07. The molecule has 0 unspecified atom stereocenters. The first-order valence-electron chi connectivity index (χ1n) is 12.4. The minimum absolute atomic E-state index is 0.177. The van der Waals surface area contributed by atoms with Crippen LogP contribution in [0.1, 0.15) is 31.8 Å². The van der Waals surface area contributed by atoms with Gasteiger partial charge in [-0.15, -0.1) is 0 Å². The summed E-state index contributed by atoms with van der Waals surface area (Å²) < 4.78 is 10.6. The van der Waals surface area contributed by atoms with E-state index >= 15 is 0 Å². The number of hydrogen-bond acceptors (Lipinski definition) is 6. The van der Waals surface area contributed by atoms with Crippen LogP contribution in [0.2, 0.25) is 0 Å². The van der Waals surface area contributed by atoms with Crippen LogP contribution in [0.5, 0.6) is 5.75 Å². The van der Waals surface area contributed by atoms with E-state index in [9.17, 15) is 9.59 Å². The average molecular weight is 528 g/mol. The second kappa shape index (κ2) is 15.7. The molecule has 39 heavy (non-hydrogen) atoms. The molecule has 0 radical (unpaired) electrons. The lowest BCUT2D eigenvalue weighted by Gasteiger charge is -2.10. The van der Waals surface area contributed by atoms with Crippen molar-refractivity contribution in [3.63, 3.8) is 0 Å². The van der Waals surface area contributed by atoms with Crippen LogP contribution < -0.4 is 15.4 Å². The quantitative estimate of drug-likeness (QED) is 0.252. The molecule has 0 aliphatic carbocycles. The highest BCUT2D eigenvalue weighted by atomic mass is 16.5. The Balaban J connectivity index is 0.00000205. The largest absolute Gasteiger partial charge is 0.491 e. The summed E-state index contributed by atoms with van der Waals surface area (Å²) in [6, 6.07) is 26.1. The van der Waals surface area contributed by atoms with Gasteiger partial charge in [-0.05, 0) is 70.8 Å². The molecule has 4 rings (SSSR count). The fourth-order valence-corrected chi connectivity index (χ4v) is 3.74. The molecular formula is C31H33N3O5. The van der Waals surface area contributed by atoms with Crippen LogP contribution >= 0.6 is 0 Å². The molecule has 0 aliphatic heterocycles. The molecule has 0 atom stereocenters. The van der Waals surface area contributed by atoms with E-state index in [-0.39, 0.29) is 11.8 Å². The highest BCUT2D eigenvalue weighted by molar-refractivity contribution is 5.95. The molecule has 4 aromatic rings. The minimum atomic E-state index is -0.189. The Morgan fingerprint density at radius 2 is 1.31 bits per heavy atom. The van der Waals surface area contributed by atoms with Crippen molar-refractivity contribution in [2.45, 2.75) is 13.1 Å². The summed E-state index contributed by atoms with van der Waals surface area (Å²) in [6.07, 6.45) is 3.48. The predicted molar refractivity (Wildman–Crippen MR) is 150 cm³/mol. The molecule has 0 spiro atoms. The predicted octanol–water partition coefficient (Wildman–Crippen LogP) is 4.24. The van der Waals surface area contributed by atoms with Gasteiger partial charge in [-0.25, -0.2) is 0 Å². The van der Waals surface area contributed by atoms with Crippen molar-refractivity contribution in [3.8, 4) is 16.9 Å². The number of aliphatic hydroxyl groups is 1. The number of carbonyl (C=O) groups is 2. The molecule has 0 bridgehead atoms. The number of aliphatic hydroxyl groups excluding tert-OH is 1. The Morgan fingerprint density at radius 3 is 1.97 bits per heavy atom. The monoisotopic (exact) mass is 527 g/mol. The number of amides is 2. The summed E-state index contributed by atoms with van der Waals surface area (Å²) >= 11 is 0. The van der Waals surface area contributed by atoms with Gasteiger partial charge < -0.3 is 25.2 Å². The first kappa shape index (κ1) is 29.0. The molecule has 2 amide bonds. The topological polar surface area (TPSA) is 110 Å². The van der Waals surface area contributed by atoms with Crippen molar-refractivity contribution in [2.24, 2.45) is 0 Å². The molecule has 0 fully saturated rings. The Bertz CT molecular complexity index is 1330. The molecule has 0 saturated carbocycles. The lowest BCUT2D eigenvalue weighted by Crippen LogP contribution is -2.24. The van der Waals surface area contributed by atoms with E-state index in [0.717, 1.165) is 35.1 Å². The summed E-state index contributed by atoms with van der Waals surface area (Å²) in [5.74, 6) is 0.364. The zero-order valence-corrected chi connectivity index (χ0v) is 22.1. The van der Waals surface area contributed by atoms with Gasteiger partial charge in [-0.2, -0.15) is 0 Å². The summed E-state index contributed by atoms with van der Waals surface area (Å²) in [5.41, 5.74) is 4.92. The van der Waals surface area contributed by atoms with Crippen LogP contribution in [0, 0.1) is 0 Å². The molecule has 8 nitrogen and oxygen atoms in total. The zero-order chi connectivity index (χ0) is 27.9. The van der Waals surface area contributed by atoms with Gasteiger partial charge in [-0.1, -0.05) is 36.4 Å². The normalized spacial score (nSPS) is 10.1. The van der Waals surface area contributed by atoms with Crippen molar-refractivity contribution in [1.29, 1.82) is 0 Å². The molecule has 202 valence electrons. The molecule has 1 aromatic heterocycles. The van der Waals surface area contributed by atoms with E-state index in [4.69, 9.17) is 14.6 Å². The second-order valence-electron chi connectivity index (χ2n) is 8.37. The van der Waals surface area contributed by atoms with E-state index in [0.29, 0.717) is 37.4 Å². The van der Waals surface area contributed by atoms with Crippen molar-refractivity contribution in [2.75, 3.05) is 27.4 Å². The van der Waals surface area contributed by atoms with Gasteiger partial charge in [0, 0.05) is 50.8 Å². The van der Waals surface area contributed by atoms with Crippen LogP contribution in [-0.2, 0) is 17.8 Å². The fourth-order valence-electron chi connectivity index (χ4n) is 3.74. The smallest absolute Gasteiger partial charge is 0.251 e. The van der Waals surface area contributed by atoms with Gasteiger partial charge in [-0.3, -0.25) is 14.6 Å². The van der Waals surface area contributed by atoms with Crippen molar-refractivity contribution in [3.05, 3.63) is 120 Å². The number of nitrogens with one attached hydrogen (secondary N) is 2. The first-order chi connectivity index (χ1) is 19.1. The number of benzene rings is 3. The molecular weight excluding hydrogens is 494 g/mol. The first-order valence-corrected chi connectivity index (χ1v) is 12.4. The van der Waals surface area contributed by atoms with Crippen LogP contribution in [0.4, 0.5) is 0 Å². The van der Waals surface area contributed by atoms with Gasteiger partial charge in [0.15, 0.2) is 0 Å². The van der Waals surface area contributed by atoms with Crippen molar-refractivity contribution < 1.29 is 24.2 Å². The lowest BCUT2D eigenvalue weighted by molar-refractivity contribution is 0.0945. The Kier molecular flexibility index (Phi) is 11.7. The second-order valence-corrected chi connectivity index (χ2v) is 8.37. The minimum Gasteiger partial charge on any atom is -0.491 e. The molecule has 0 aliphatic rings. The van der Waals surface area contributed by atoms with Crippen molar-refractivity contribution in [1.82, 2.24) is 15.6 Å². The van der Waals surface area contributed by atoms with E-state index < -0.39 is 0 Å². The number of ether oxygens (including phenoxy) is 2. The van der Waals surface area contributed by atoms with Gasteiger partial charge >= 0.3 is 0 Å². The average Bonchev–Trinajstić information content (AvgIpc) is 3.00. The summed E-state index contributed by atoms with van der Waals surface area (Å²) in [4.78, 5) is 29.4. The van der Waals surface area contributed by atoms with Gasteiger partial charge in [0.25, 0.3) is 11.8 Å². The molecule has 3 N–H and O–H groups in total. The van der Waals surface area contributed by atoms with Gasteiger partial charge in [0.1, 0.15) is 12.4 Å². The third-order valence-electron chi connectivity index (χ3n) is 5.71. The van der Waals surface area contributed by atoms with Crippen molar-refractivity contribution >= 4 is 11.8 Å². The highest BCUT2D eigenvalue weighted by Crippen LogP contribution is 2.19. The third-order valence-corrected chi connectivity index (χ3v) is 5.71. The number of methoxy groups -OCH3 is 1. The van der Waals surface area contributed by atoms with Crippen LogP contribution in [0.15, 0.2) is 97.3 Å². The molecule has 8 heteroatoms. The van der Waals surface area contributed by atoms with E-state index in [1.165, 1.54) is 0 Å². The SMILES string of the molecule is CO.COCCOc1cccc(CNC(=O)c2cccc(CNC(=O)c3ccc(-c4ccncc4)cc3)c2)c1. The molecule has 0 saturated heterocycles.